The minimum Gasteiger partial charge on any atom is -0.466 e. The van der Waals surface area contributed by atoms with Crippen molar-refractivity contribution in [1.82, 2.24) is 4.90 Å². The number of carbonyl (C=O) groups excluding carboxylic acids is 1. The molecule has 0 aromatic heterocycles. The molecule has 17 heavy (non-hydrogen) atoms. The van der Waals surface area contributed by atoms with Crippen LogP contribution >= 0.6 is 0 Å². The highest BCUT2D eigenvalue weighted by molar-refractivity contribution is 5.74. The molecule has 0 radical (unpaired) electrons. The van der Waals surface area contributed by atoms with Crippen molar-refractivity contribution >= 4 is 5.97 Å². The molecular formula is C14H23NO2. The Balaban J connectivity index is 1.76. The average molecular weight is 237 g/mol. The number of esters is 1. The fourth-order valence-corrected chi connectivity index (χ4v) is 4.14. The van der Waals surface area contributed by atoms with Gasteiger partial charge in [0.15, 0.2) is 0 Å². The van der Waals surface area contributed by atoms with E-state index in [4.69, 9.17) is 4.74 Å². The van der Waals surface area contributed by atoms with Crippen molar-refractivity contribution in [3.63, 3.8) is 0 Å². The lowest BCUT2D eigenvalue weighted by Gasteiger charge is -2.36. The van der Waals surface area contributed by atoms with Gasteiger partial charge in [-0.15, -0.1) is 0 Å². The van der Waals surface area contributed by atoms with Crippen molar-refractivity contribution < 1.29 is 9.53 Å². The topological polar surface area (TPSA) is 29.5 Å². The molecule has 3 fully saturated rings. The summed E-state index contributed by atoms with van der Waals surface area (Å²) < 4.78 is 5.29. The Kier molecular flexibility index (Phi) is 2.89. The number of nitrogens with zero attached hydrogens (tertiary/aromatic N) is 1. The second kappa shape index (κ2) is 4.27. The SMILES string of the molecule is CCOC(=O)[C@@H]1[C@H]2CC[C@H](C2)[C@@H]1N(C)C1CC1. The monoisotopic (exact) mass is 237 g/mol. The molecule has 2 bridgehead atoms. The number of fused-ring (bicyclic) bond motifs is 2. The van der Waals surface area contributed by atoms with Gasteiger partial charge in [0.2, 0.25) is 0 Å². The van der Waals surface area contributed by atoms with Crippen molar-refractivity contribution in [2.75, 3.05) is 13.7 Å². The molecule has 3 aliphatic rings. The summed E-state index contributed by atoms with van der Waals surface area (Å²) in [6, 6.07) is 1.22. The van der Waals surface area contributed by atoms with E-state index in [9.17, 15) is 4.79 Å². The van der Waals surface area contributed by atoms with E-state index in [-0.39, 0.29) is 11.9 Å². The van der Waals surface area contributed by atoms with Crippen molar-refractivity contribution in [3.8, 4) is 0 Å². The summed E-state index contributed by atoms with van der Waals surface area (Å²) in [6.07, 6.45) is 6.45. The summed E-state index contributed by atoms with van der Waals surface area (Å²) >= 11 is 0. The van der Waals surface area contributed by atoms with Crippen molar-refractivity contribution in [2.24, 2.45) is 17.8 Å². The van der Waals surface area contributed by atoms with Gasteiger partial charge in [0.25, 0.3) is 0 Å². The molecule has 3 aliphatic carbocycles. The lowest BCUT2D eigenvalue weighted by atomic mass is 9.83. The summed E-state index contributed by atoms with van der Waals surface area (Å²) in [5, 5.41) is 0. The second-order valence-electron chi connectivity index (χ2n) is 6.00. The maximum Gasteiger partial charge on any atom is 0.310 e. The van der Waals surface area contributed by atoms with E-state index in [1.807, 2.05) is 6.92 Å². The van der Waals surface area contributed by atoms with Gasteiger partial charge in [-0.1, -0.05) is 0 Å². The van der Waals surface area contributed by atoms with Crippen LogP contribution in [0.25, 0.3) is 0 Å². The Labute approximate surface area is 104 Å². The zero-order valence-corrected chi connectivity index (χ0v) is 10.9. The average Bonchev–Trinajstić information content (AvgIpc) is 2.97. The van der Waals surface area contributed by atoms with Crippen LogP contribution < -0.4 is 0 Å². The third-order valence-corrected chi connectivity index (χ3v) is 5.02. The zero-order chi connectivity index (χ0) is 12.0. The predicted molar refractivity (Wildman–Crippen MR) is 65.5 cm³/mol. The van der Waals surface area contributed by atoms with Crippen LogP contribution in [0.3, 0.4) is 0 Å². The quantitative estimate of drug-likeness (QED) is 0.701. The Bertz CT molecular complexity index is 313. The number of hydrogen-bond acceptors (Lipinski definition) is 3. The van der Waals surface area contributed by atoms with Crippen LogP contribution in [-0.4, -0.2) is 36.6 Å². The van der Waals surface area contributed by atoms with E-state index in [2.05, 4.69) is 11.9 Å². The Morgan fingerprint density at radius 1 is 1.24 bits per heavy atom. The molecule has 0 amide bonds. The Morgan fingerprint density at radius 3 is 2.59 bits per heavy atom. The van der Waals surface area contributed by atoms with Crippen molar-refractivity contribution in [3.05, 3.63) is 0 Å². The minimum absolute atomic E-state index is 0.0669. The highest BCUT2D eigenvalue weighted by atomic mass is 16.5. The maximum atomic E-state index is 12.1. The van der Waals surface area contributed by atoms with E-state index in [1.165, 1.54) is 32.1 Å². The first-order valence-corrected chi connectivity index (χ1v) is 7.11. The van der Waals surface area contributed by atoms with Crippen LogP contribution in [0.5, 0.6) is 0 Å². The molecule has 0 aromatic carbocycles. The van der Waals surface area contributed by atoms with Crippen LogP contribution in [0, 0.1) is 17.8 Å². The second-order valence-corrected chi connectivity index (χ2v) is 6.00. The molecule has 96 valence electrons. The molecule has 3 rings (SSSR count). The summed E-state index contributed by atoms with van der Waals surface area (Å²) in [6.45, 7) is 2.43. The van der Waals surface area contributed by atoms with Crippen LogP contribution in [-0.2, 0) is 9.53 Å². The number of carbonyl (C=O) groups is 1. The molecule has 4 atom stereocenters. The molecular weight excluding hydrogens is 214 g/mol. The Hall–Kier alpha value is -0.570. The highest BCUT2D eigenvalue weighted by Crippen LogP contribution is 2.52. The molecule has 3 nitrogen and oxygen atoms in total. The Morgan fingerprint density at radius 2 is 1.94 bits per heavy atom. The summed E-state index contributed by atoms with van der Waals surface area (Å²) in [5.41, 5.74) is 0. The summed E-state index contributed by atoms with van der Waals surface area (Å²) in [4.78, 5) is 14.6. The van der Waals surface area contributed by atoms with E-state index in [0.29, 0.717) is 18.6 Å². The van der Waals surface area contributed by atoms with Gasteiger partial charge in [-0.3, -0.25) is 9.69 Å². The van der Waals surface area contributed by atoms with Crippen LogP contribution in [0.1, 0.15) is 39.0 Å². The highest BCUT2D eigenvalue weighted by Gasteiger charge is 2.54. The first-order chi connectivity index (χ1) is 8.22. The van der Waals surface area contributed by atoms with Crippen LogP contribution in [0.15, 0.2) is 0 Å². The summed E-state index contributed by atoms with van der Waals surface area (Å²) in [5.74, 6) is 1.58. The van der Waals surface area contributed by atoms with Gasteiger partial charge in [0.1, 0.15) is 0 Å². The molecule has 3 heteroatoms. The predicted octanol–water partition coefficient (Wildman–Crippen LogP) is 2.06. The van der Waals surface area contributed by atoms with Gasteiger partial charge in [-0.25, -0.2) is 0 Å². The van der Waals surface area contributed by atoms with Crippen molar-refractivity contribution in [2.45, 2.75) is 51.1 Å². The molecule has 0 spiro atoms. The number of hydrogen-bond donors (Lipinski definition) is 0. The van der Waals surface area contributed by atoms with Crippen LogP contribution in [0.2, 0.25) is 0 Å². The third kappa shape index (κ3) is 1.88. The molecule has 0 aliphatic heterocycles. The molecule has 0 heterocycles. The van der Waals surface area contributed by atoms with E-state index < -0.39 is 0 Å². The van der Waals surface area contributed by atoms with Crippen molar-refractivity contribution in [1.29, 1.82) is 0 Å². The van der Waals surface area contributed by atoms with E-state index in [1.54, 1.807) is 0 Å². The first kappa shape index (κ1) is 11.5. The smallest absolute Gasteiger partial charge is 0.310 e. The molecule has 3 saturated carbocycles. The standard InChI is InChI=1S/C14H23NO2/c1-3-17-14(16)12-9-4-5-10(8-9)13(12)15(2)11-6-7-11/h9-13H,3-8H2,1-2H3/t9-,10+,12+,13-/m0/s1. The van der Waals surface area contributed by atoms with Gasteiger partial charge < -0.3 is 4.74 Å². The molecule has 0 N–H and O–H groups in total. The fourth-order valence-electron chi connectivity index (χ4n) is 4.14. The summed E-state index contributed by atoms with van der Waals surface area (Å²) in [7, 11) is 2.22. The van der Waals surface area contributed by atoms with Gasteiger partial charge in [-0.2, -0.15) is 0 Å². The molecule has 0 saturated heterocycles. The minimum atomic E-state index is 0.0669. The van der Waals surface area contributed by atoms with Gasteiger partial charge in [0.05, 0.1) is 12.5 Å². The maximum absolute atomic E-state index is 12.1. The third-order valence-electron chi connectivity index (χ3n) is 5.02. The van der Waals surface area contributed by atoms with Gasteiger partial charge in [-0.05, 0) is 57.9 Å². The zero-order valence-electron chi connectivity index (χ0n) is 10.9. The molecule has 0 unspecified atom stereocenters. The van der Waals surface area contributed by atoms with E-state index in [0.717, 1.165) is 12.0 Å². The number of rotatable bonds is 4. The van der Waals surface area contributed by atoms with E-state index >= 15 is 0 Å². The lowest BCUT2D eigenvalue weighted by Crippen LogP contribution is -2.46. The molecule has 0 aromatic rings. The van der Waals surface area contributed by atoms with Gasteiger partial charge >= 0.3 is 5.97 Å². The van der Waals surface area contributed by atoms with Crippen LogP contribution in [0.4, 0.5) is 0 Å². The fraction of sp³-hybridized carbons (Fsp3) is 0.929. The number of ether oxygens (including phenoxy) is 1. The van der Waals surface area contributed by atoms with Gasteiger partial charge in [0, 0.05) is 12.1 Å². The lowest BCUT2D eigenvalue weighted by molar-refractivity contribution is -0.152. The first-order valence-electron chi connectivity index (χ1n) is 7.11. The largest absolute Gasteiger partial charge is 0.466 e. The normalized spacial score (nSPS) is 39.9.